The summed E-state index contributed by atoms with van der Waals surface area (Å²) in [6.07, 6.45) is 0.787. The molecule has 0 heterocycles. The lowest BCUT2D eigenvalue weighted by Gasteiger charge is -2.13. The molecule has 9 heteroatoms. The number of ether oxygens (including phenoxy) is 4. The number of urea groups is 1. The van der Waals surface area contributed by atoms with Gasteiger partial charge in [-0.1, -0.05) is 13.8 Å². The highest BCUT2D eigenvalue weighted by Gasteiger charge is 2.20. The van der Waals surface area contributed by atoms with Crippen molar-refractivity contribution >= 4 is 17.9 Å². The van der Waals surface area contributed by atoms with E-state index in [0.29, 0.717) is 24.0 Å². The quantitative estimate of drug-likeness (QED) is 0.626. The van der Waals surface area contributed by atoms with Crippen molar-refractivity contribution in [2.75, 3.05) is 34.5 Å². The number of carbonyl (C=O) groups is 3. The van der Waals surface area contributed by atoms with Crippen LogP contribution in [0.15, 0.2) is 12.1 Å². The Kier molecular flexibility index (Phi) is 8.91. The Hall–Kier alpha value is -2.97. The van der Waals surface area contributed by atoms with E-state index in [4.69, 9.17) is 18.9 Å². The van der Waals surface area contributed by atoms with Crippen LogP contribution in [-0.4, -0.2) is 52.4 Å². The smallest absolute Gasteiger partial charge is 0.342 e. The molecular weight excluding hydrogens is 356 g/mol. The summed E-state index contributed by atoms with van der Waals surface area (Å²) in [6, 6.07) is 2.22. The largest absolute Gasteiger partial charge is 0.496 e. The molecule has 0 aromatic heterocycles. The molecule has 0 bridgehead atoms. The number of esters is 1. The van der Waals surface area contributed by atoms with Crippen LogP contribution in [0.1, 0.15) is 30.6 Å². The summed E-state index contributed by atoms with van der Waals surface area (Å²) in [6.45, 7) is 3.87. The minimum absolute atomic E-state index is 0.0596. The molecule has 9 nitrogen and oxygen atoms in total. The van der Waals surface area contributed by atoms with Gasteiger partial charge in [-0.3, -0.25) is 10.1 Å². The molecule has 0 saturated carbocycles. The molecular formula is C18H26N2O7. The van der Waals surface area contributed by atoms with E-state index in [1.165, 1.54) is 33.5 Å². The maximum Gasteiger partial charge on any atom is 0.342 e. The van der Waals surface area contributed by atoms with Crippen molar-refractivity contribution in [1.82, 2.24) is 10.6 Å². The van der Waals surface area contributed by atoms with Gasteiger partial charge in [0, 0.05) is 18.7 Å². The van der Waals surface area contributed by atoms with Gasteiger partial charge < -0.3 is 24.3 Å². The van der Waals surface area contributed by atoms with Crippen molar-refractivity contribution in [2.45, 2.75) is 20.3 Å². The van der Waals surface area contributed by atoms with Gasteiger partial charge in [-0.05, 0) is 12.3 Å². The van der Waals surface area contributed by atoms with E-state index in [9.17, 15) is 14.4 Å². The molecule has 0 fully saturated rings. The summed E-state index contributed by atoms with van der Waals surface area (Å²) < 4.78 is 20.4. The predicted octanol–water partition coefficient (Wildman–Crippen LogP) is 1.74. The third-order valence-corrected chi connectivity index (χ3v) is 3.52. The van der Waals surface area contributed by atoms with Gasteiger partial charge >= 0.3 is 12.0 Å². The van der Waals surface area contributed by atoms with Gasteiger partial charge in [0.2, 0.25) is 0 Å². The highest BCUT2D eigenvalue weighted by Crippen LogP contribution is 2.34. The lowest BCUT2D eigenvalue weighted by Crippen LogP contribution is -2.42. The fourth-order valence-corrected chi connectivity index (χ4v) is 2.08. The molecule has 27 heavy (non-hydrogen) atoms. The van der Waals surface area contributed by atoms with E-state index in [-0.39, 0.29) is 11.3 Å². The minimum atomic E-state index is -0.803. The van der Waals surface area contributed by atoms with E-state index < -0.39 is 24.5 Å². The molecule has 1 aromatic rings. The van der Waals surface area contributed by atoms with E-state index in [1.807, 2.05) is 13.8 Å². The maximum atomic E-state index is 12.3. The van der Waals surface area contributed by atoms with Crippen LogP contribution >= 0.6 is 0 Å². The maximum absolute atomic E-state index is 12.3. The van der Waals surface area contributed by atoms with E-state index in [1.54, 1.807) is 0 Å². The Morgan fingerprint density at radius 2 is 1.56 bits per heavy atom. The number of nitrogens with one attached hydrogen (secondary N) is 2. The van der Waals surface area contributed by atoms with E-state index >= 15 is 0 Å². The number of benzene rings is 1. The molecule has 2 N–H and O–H groups in total. The monoisotopic (exact) mass is 382 g/mol. The first-order valence-electron chi connectivity index (χ1n) is 8.37. The first-order valence-corrected chi connectivity index (χ1v) is 8.37. The topological polar surface area (TPSA) is 112 Å². The summed E-state index contributed by atoms with van der Waals surface area (Å²) in [7, 11) is 4.25. The van der Waals surface area contributed by atoms with Crippen molar-refractivity contribution < 1.29 is 33.3 Å². The Bertz CT molecular complexity index is 674. The van der Waals surface area contributed by atoms with E-state index in [2.05, 4.69) is 10.6 Å². The van der Waals surface area contributed by atoms with Crippen molar-refractivity contribution in [1.29, 1.82) is 0 Å². The summed E-state index contributed by atoms with van der Waals surface area (Å²) in [4.78, 5) is 35.6. The molecule has 3 amide bonds. The van der Waals surface area contributed by atoms with Crippen molar-refractivity contribution in [3.63, 3.8) is 0 Å². The molecule has 0 aliphatic rings. The van der Waals surface area contributed by atoms with Gasteiger partial charge in [-0.2, -0.15) is 0 Å². The molecule has 150 valence electrons. The Morgan fingerprint density at radius 3 is 2.11 bits per heavy atom. The normalized spacial score (nSPS) is 10.1. The molecule has 0 radical (unpaired) electrons. The van der Waals surface area contributed by atoms with Gasteiger partial charge in [-0.25, -0.2) is 9.59 Å². The summed E-state index contributed by atoms with van der Waals surface area (Å²) in [5.74, 6) is -0.239. The second-order valence-corrected chi connectivity index (χ2v) is 5.97. The lowest BCUT2D eigenvalue weighted by molar-refractivity contribution is -0.123. The van der Waals surface area contributed by atoms with Gasteiger partial charge in [-0.15, -0.1) is 0 Å². The molecule has 0 aliphatic carbocycles. The van der Waals surface area contributed by atoms with Crippen molar-refractivity contribution in [2.24, 2.45) is 5.92 Å². The van der Waals surface area contributed by atoms with Gasteiger partial charge in [0.05, 0.1) is 21.3 Å². The van der Waals surface area contributed by atoms with Gasteiger partial charge in [0.25, 0.3) is 5.91 Å². The Morgan fingerprint density at radius 1 is 0.963 bits per heavy atom. The fraction of sp³-hybridized carbons (Fsp3) is 0.500. The molecule has 1 rings (SSSR count). The Labute approximate surface area is 158 Å². The van der Waals surface area contributed by atoms with Gasteiger partial charge in [0.15, 0.2) is 18.1 Å². The highest BCUT2D eigenvalue weighted by atomic mass is 16.5. The standard InChI is InChI=1S/C18H26N2O7/c1-11(2)6-7-19-18(23)20-16(21)10-27-17(22)12-8-14(25-4)15(26-5)9-13(12)24-3/h8-9,11H,6-7,10H2,1-5H3,(H2,19,20,21,23). The van der Waals surface area contributed by atoms with Crippen LogP contribution in [0.25, 0.3) is 0 Å². The van der Waals surface area contributed by atoms with Crippen LogP contribution in [-0.2, 0) is 9.53 Å². The predicted molar refractivity (Wildman–Crippen MR) is 97.4 cm³/mol. The molecule has 0 unspecified atom stereocenters. The number of hydrogen-bond donors (Lipinski definition) is 2. The van der Waals surface area contributed by atoms with Crippen molar-refractivity contribution in [3.05, 3.63) is 17.7 Å². The lowest BCUT2D eigenvalue weighted by atomic mass is 10.1. The first kappa shape index (κ1) is 22.1. The zero-order chi connectivity index (χ0) is 20.4. The second kappa shape index (κ2) is 10.9. The Balaban J connectivity index is 2.63. The van der Waals surface area contributed by atoms with E-state index in [0.717, 1.165) is 6.42 Å². The number of imide groups is 1. The second-order valence-electron chi connectivity index (χ2n) is 5.97. The average molecular weight is 382 g/mol. The summed E-state index contributed by atoms with van der Waals surface area (Å²) in [5.41, 5.74) is 0.0596. The third-order valence-electron chi connectivity index (χ3n) is 3.52. The number of hydrogen-bond acceptors (Lipinski definition) is 7. The third kappa shape index (κ3) is 7.04. The zero-order valence-electron chi connectivity index (χ0n) is 16.2. The number of carbonyl (C=O) groups excluding carboxylic acids is 3. The molecule has 1 aromatic carbocycles. The summed E-state index contributed by atoms with van der Waals surface area (Å²) in [5, 5.41) is 4.64. The minimum Gasteiger partial charge on any atom is -0.496 e. The van der Waals surface area contributed by atoms with Crippen molar-refractivity contribution in [3.8, 4) is 17.2 Å². The van der Waals surface area contributed by atoms with Crippen LogP contribution in [0, 0.1) is 5.92 Å². The number of rotatable bonds is 9. The zero-order valence-corrected chi connectivity index (χ0v) is 16.2. The van der Waals surface area contributed by atoms with Crippen LogP contribution in [0.2, 0.25) is 0 Å². The summed E-state index contributed by atoms with van der Waals surface area (Å²) >= 11 is 0. The molecule has 0 spiro atoms. The first-order chi connectivity index (χ1) is 12.8. The number of methoxy groups -OCH3 is 3. The average Bonchev–Trinajstić information content (AvgIpc) is 2.64. The highest BCUT2D eigenvalue weighted by molar-refractivity contribution is 5.98. The number of amides is 3. The fourth-order valence-electron chi connectivity index (χ4n) is 2.08. The molecule has 0 aliphatic heterocycles. The SMILES string of the molecule is COc1cc(OC)c(C(=O)OCC(=O)NC(=O)NCCC(C)C)cc1OC. The van der Waals surface area contributed by atoms with Crippen LogP contribution in [0.5, 0.6) is 17.2 Å². The molecule has 0 atom stereocenters. The van der Waals surface area contributed by atoms with Gasteiger partial charge in [0.1, 0.15) is 11.3 Å². The van der Waals surface area contributed by atoms with Crippen LogP contribution in [0.3, 0.4) is 0 Å². The van der Waals surface area contributed by atoms with Crippen LogP contribution < -0.4 is 24.8 Å². The molecule has 0 saturated heterocycles. The van der Waals surface area contributed by atoms with Crippen LogP contribution in [0.4, 0.5) is 4.79 Å².